The first kappa shape index (κ1) is 19.5. The van der Waals surface area contributed by atoms with Gasteiger partial charge in [-0.1, -0.05) is 48.5 Å². The van der Waals surface area contributed by atoms with Crippen LogP contribution < -0.4 is 9.47 Å². The van der Waals surface area contributed by atoms with Crippen LogP contribution in [0.15, 0.2) is 83.5 Å². The van der Waals surface area contributed by atoms with E-state index in [4.69, 9.17) is 14.2 Å². The molecule has 0 aliphatic carbocycles. The lowest BCUT2D eigenvalue weighted by Gasteiger charge is -2.12. The normalized spacial score (nSPS) is 14.4. The molecule has 3 aromatic rings. The van der Waals surface area contributed by atoms with Crippen molar-refractivity contribution in [3.05, 3.63) is 101 Å². The van der Waals surface area contributed by atoms with E-state index in [1.165, 1.54) is 5.56 Å². The van der Waals surface area contributed by atoms with Gasteiger partial charge in [-0.25, -0.2) is 9.79 Å². The van der Waals surface area contributed by atoms with Crippen molar-refractivity contribution >= 4 is 17.9 Å². The number of rotatable bonds is 6. The van der Waals surface area contributed by atoms with E-state index in [1.807, 2.05) is 66.7 Å². The lowest BCUT2D eigenvalue weighted by molar-refractivity contribution is -0.129. The van der Waals surface area contributed by atoms with Crippen LogP contribution in [0.2, 0.25) is 0 Å². The van der Waals surface area contributed by atoms with Crippen molar-refractivity contribution in [1.29, 1.82) is 0 Å². The number of aliphatic imine (C=N–C) groups is 1. The summed E-state index contributed by atoms with van der Waals surface area (Å²) in [6.07, 6.45) is 1.67. The van der Waals surface area contributed by atoms with Crippen LogP contribution in [-0.4, -0.2) is 19.0 Å². The molecule has 0 saturated carbocycles. The zero-order valence-corrected chi connectivity index (χ0v) is 16.8. The quantitative estimate of drug-likeness (QED) is 0.436. The van der Waals surface area contributed by atoms with Gasteiger partial charge in [-0.15, -0.1) is 0 Å². The zero-order valence-electron chi connectivity index (χ0n) is 16.8. The van der Waals surface area contributed by atoms with Crippen molar-refractivity contribution in [2.24, 2.45) is 4.99 Å². The molecule has 5 nitrogen and oxygen atoms in total. The van der Waals surface area contributed by atoms with E-state index in [0.29, 0.717) is 24.0 Å². The molecular formula is C25H21NO4. The van der Waals surface area contributed by atoms with Gasteiger partial charge >= 0.3 is 5.97 Å². The van der Waals surface area contributed by atoms with Gasteiger partial charge in [0.2, 0.25) is 5.90 Å². The number of benzene rings is 3. The van der Waals surface area contributed by atoms with E-state index >= 15 is 0 Å². The van der Waals surface area contributed by atoms with Gasteiger partial charge in [0, 0.05) is 5.56 Å². The summed E-state index contributed by atoms with van der Waals surface area (Å²) < 4.78 is 16.7. The van der Waals surface area contributed by atoms with E-state index in [2.05, 4.69) is 18.0 Å². The fraction of sp³-hybridized carbons (Fsp3) is 0.120. The summed E-state index contributed by atoms with van der Waals surface area (Å²) in [4.78, 5) is 16.5. The number of nitrogens with zero attached hydrogens (tertiary/aromatic N) is 1. The summed E-state index contributed by atoms with van der Waals surface area (Å²) in [5.74, 6) is 1.03. The topological polar surface area (TPSA) is 57.1 Å². The van der Waals surface area contributed by atoms with Crippen LogP contribution in [-0.2, 0) is 16.1 Å². The summed E-state index contributed by atoms with van der Waals surface area (Å²) in [5.41, 5.74) is 4.04. The number of methoxy groups -OCH3 is 1. The standard InChI is InChI=1S/C25H21NO4/c1-17-8-6-7-11-20(17)16-29-22-13-12-18(15-23(22)28-2)14-21-25(27)30-24(26-21)19-9-4-3-5-10-19/h3-15H,16H2,1-2H3/b21-14-. The molecule has 0 bridgehead atoms. The average molecular weight is 399 g/mol. The number of aryl methyl sites for hydroxylation is 1. The summed E-state index contributed by atoms with van der Waals surface area (Å²) >= 11 is 0. The van der Waals surface area contributed by atoms with Crippen LogP contribution in [0, 0.1) is 6.92 Å². The number of hydrogen-bond donors (Lipinski definition) is 0. The Morgan fingerprint density at radius 3 is 2.50 bits per heavy atom. The molecule has 4 rings (SSSR count). The van der Waals surface area contributed by atoms with Crippen LogP contribution in [0.5, 0.6) is 11.5 Å². The summed E-state index contributed by atoms with van der Waals surface area (Å²) in [6.45, 7) is 2.50. The summed E-state index contributed by atoms with van der Waals surface area (Å²) in [7, 11) is 1.59. The molecule has 0 saturated heterocycles. The minimum atomic E-state index is -0.479. The van der Waals surface area contributed by atoms with Crippen molar-refractivity contribution in [1.82, 2.24) is 0 Å². The Labute approximate surface area is 175 Å². The first-order valence-corrected chi connectivity index (χ1v) is 9.57. The minimum Gasteiger partial charge on any atom is -0.493 e. The molecule has 0 aromatic heterocycles. The lowest BCUT2D eigenvalue weighted by Crippen LogP contribution is -2.04. The molecule has 0 N–H and O–H groups in total. The van der Waals surface area contributed by atoms with Crippen LogP contribution >= 0.6 is 0 Å². The van der Waals surface area contributed by atoms with E-state index < -0.39 is 5.97 Å². The van der Waals surface area contributed by atoms with Crippen molar-refractivity contribution in [3.63, 3.8) is 0 Å². The van der Waals surface area contributed by atoms with Gasteiger partial charge in [0.05, 0.1) is 7.11 Å². The molecule has 1 aliphatic rings. The van der Waals surface area contributed by atoms with Gasteiger partial charge < -0.3 is 14.2 Å². The highest BCUT2D eigenvalue weighted by atomic mass is 16.6. The number of carbonyl (C=O) groups is 1. The highest BCUT2D eigenvalue weighted by molar-refractivity contribution is 6.12. The zero-order chi connectivity index (χ0) is 20.9. The highest BCUT2D eigenvalue weighted by Crippen LogP contribution is 2.30. The van der Waals surface area contributed by atoms with Crippen LogP contribution in [0.1, 0.15) is 22.3 Å². The third-order valence-corrected chi connectivity index (χ3v) is 4.78. The smallest absolute Gasteiger partial charge is 0.363 e. The number of cyclic esters (lactones) is 1. The number of ether oxygens (including phenoxy) is 3. The Morgan fingerprint density at radius 2 is 1.73 bits per heavy atom. The van der Waals surface area contributed by atoms with Crippen LogP contribution in [0.3, 0.4) is 0 Å². The number of carbonyl (C=O) groups excluding carboxylic acids is 1. The molecule has 30 heavy (non-hydrogen) atoms. The summed E-state index contributed by atoms with van der Waals surface area (Å²) in [6, 6.07) is 22.9. The van der Waals surface area contributed by atoms with Crippen molar-refractivity contribution in [2.45, 2.75) is 13.5 Å². The van der Waals surface area contributed by atoms with Gasteiger partial charge in [0.15, 0.2) is 17.2 Å². The second-order valence-electron chi connectivity index (χ2n) is 6.83. The highest BCUT2D eigenvalue weighted by Gasteiger charge is 2.24. The third-order valence-electron chi connectivity index (χ3n) is 4.78. The fourth-order valence-electron chi connectivity index (χ4n) is 3.09. The van der Waals surface area contributed by atoms with Crippen molar-refractivity contribution < 1.29 is 19.0 Å². The van der Waals surface area contributed by atoms with E-state index in [9.17, 15) is 4.79 Å². The van der Waals surface area contributed by atoms with E-state index in [0.717, 1.165) is 16.7 Å². The molecule has 0 unspecified atom stereocenters. The second kappa shape index (κ2) is 8.66. The Balaban J connectivity index is 1.55. The maximum Gasteiger partial charge on any atom is 0.363 e. The predicted molar refractivity (Wildman–Crippen MR) is 116 cm³/mol. The minimum absolute atomic E-state index is 0.240. The first-order chi connectivity index (χ1) is 14.6. The molecule has 0 spiro atoms. The second-order valence-corrected chi connectivity index (χ2v) is 6.83. The van der Waals surface area contributed by atoms with Gasteiger partial charge in [-0.2, -0.15) is 0 Å². The lowest BCUT2D eigenvalue weighted by atomic mass is 10.1. The molecule has 1 heterocycles. The summed E-state index contributed by atoms with van der Waals surface area (Å²) in [5, 5.41) is 0. The Hall–Kier alpha value is -3.86. The van der Waals surface area contributed by atoms with Gasteiger partial charge in [0.25, 0.3) is 0 Å². The third kappa shape index (κ3) is 4.25. The maximum atomic E-state index is 12.2. The Morgan fingerprint density at radius 1 is 0.967 bits per heavy atom. The molecule has 150 valence electrons. The Kier molecular flexibility index (Phi) is 5.61. The van der Waals surface area contributed by atoms with Crippen LogP contribution in [0.4, 0.5) is 0 Å². The average Bonchev–Trinajstić information content (AvgIpc) is 3.14. The monoisotopic (exact) mass is 399 g/mol. The SMILES string of the molecule is COc1cc(/C=C2\N=C(c3ccccc3)OC2=O)ccc1OCc1ccccc1C. The first-order valence-electron chi connectivity index (χ1n) is 9.57. The predicted octanol–water partition coefficient (Wildman–Crippen LogP) is 4.93. The molecule has 5 heteroatoms. The molecule has 0 atom stereocenters. The molecule has 0 amide bonds. The van der Waals surface area contributed by atoms with Gasteiger partial charge in [-0.05, 0) is 54.0 Å². The maximum absolute atomic E-state index is 12.2. The Bertz CT molecular complexity index is 1130. The van der Waals surface area contributed by atoms with Gasteiger partial charge in [0.1, 0.15) is 6.61 Å². The number of esters is 1. The van der Waals surface area contributed by atoms with E-state index in [1.54, 1.807) is 13.2 Å². The fourth-order valence-corrected chi connectivity index (χ4v) is 3.09. The molecule has 3 aromatic carbocycles. The largest absolute Gasteiger partial charge is 0.493 e. The van der Waals surface area contributed by atoms with Crippen molar-refractivity contribution in [3.8, 4) is 11.5 Å². The van der Waals surface area contributed by atoms with Gasteiger partial charge in [-0.3, -0.25) is 0 Å². The molecule has 1 aliphatic heterocycles. The van der Waals surface area contributed by atoms with Crippen LogP contribution in [0.25, 0.3) is 6.08 Å². The number of hydrogen-bond acceptors (Lipinski definition) is 5. The molecule has 0 radical (unpaired) electrons. The van der Waals surface area contributed by atoms with Crippen molar-refractivity contribution in [2.75, 3.05) is 7.11 Å². The van der Waals surface area contributed by atoms with E-state index in [-0.39, 0.29) is 5.70 Å². The molecule has 0 fully saturated rings. The molecular weight excluding hydrogens is 378 g/mol.